The molecular formula is C12H12ClN3O. The Morgan fingerprint density at radius 1 is 1.35 bits per heavy atom. The van der Waals surface area contributed by atoms with Crippen molar-refractivity contribution < 1.29 is 4.79 Å². The lowest BCUT2D eigenvalue weighted by atomic mass is 10.1. The highest BCUT2D eigenvalue weighted by Crippen LogP contribution is 2.09. The van der Waals surface area contributed by atoms with Crippen LogP contribution in [0.3, 0.4) is 0 Å². The second-order valence-electron chi connectivity index (χ2n) is 3.66. The van der Waals surface area contributed by atoms with Gasteiger partial charge < -0.3 is 10.3 Å². The molecule has 0 aliphatic carbocycles. The Bertz CT molecular complexity index is 479. The van der Waals surface area contributed by atoms with Gasteiger partial charge in [0.05, 0.1) is 25.0 Å². The van der Waals surface area contributed by atoms with Crippen LogP contribution in [0.15, 0.2) is 36.8 Å². The molecule has 1 aromatic carbocycles. The maximum absolute atomic E-state index is 11.6. The van der Waals surface area contributed by atoms with Gasteiger partial charge in [0, 0.05) is 11.2 Å². The molecule has 1 amide bonds. The summed E-state index contributed by atoms with van der Waals surface area (Å²) in [4.78, 5) is 18.4. The summed E-state index contributed by atoms with van der Waals surface area (Å²) in [5.74, 6) is -0.0260. The molecule has 0 saturated heterocycles. The molecule has 5 heteroatoms. The van der Waals surface area contributed by atoms with Crippen molar-refractivity contribution in [1.82, 2.24) is 15.3 Å². The van der Waals surface area contributed by atoms with Gasteiger partial charge in [-0.1, -0.05) is 23.7 Å². The van der Waals surface area contributed by atoms with Crippen LogP contribution >= 0.6 is 11.6 Å². The van der Waals surface area contributed by atoms with E-state index >= 15 is 0 Å². The molecular weight excluding hydrogens is 238 g/mol. The minimum Gasteiger partial charge on any atom is -0.350 e. The van der Waals surface area contributed by atoms with E-state index in [0.29, 0.717) is 18.0 Å². The summed E-state index contributed by atoms with van der Waals surface area (Å²) in [6, 6.07) is 7.24. The van der Waals surface area contributed by atoms with Crippen LogP contribution in [-0.4, -0.2) is 15.9 Å². The van der Waals surface area contributed by atoms with Crippen LogP contribution in [0.4, 0.5) is 0 Å². The van der Waals surface area contributed by atoms with Gasteiger partial charge in [0.1, 0.15) is 0 Å². The zero-order valence-electron chi connectivity index (χ0n) is 9.11. The standard InChI is InChI=1S/C12H12ClN3O/c13-10-3-1-9(2-4-10)5-12(17)15-7-11-6-14-8-16-11/h1-4,6,8H,5,7H2,(H,14,16)(H,15,17). The van der Waals surface area contributed by atoms with Crippen molar-refractivity contribution in [3.05, 3.63) is 53.1 Å². The lowest BCUT2D eigenvalue weighted by Crippen LogP contribution is -2.24. The van der Waals surface area contributed by atoms with E-state index in [9.17, 15) is 4.79 Å². The fourth-order valence-electron chi connectivity index (χ4n) is 1.43. The number of aromatic amines is 1. The molecule has 0 aliphatic heterocycles. The lowest BCUT2D eigenvalue weighted by molar-refractivity contribution is -0.120. The Labute approximate surface area is 104 Å². The number of hydrogen-bond donors (Lipinski definition) is 2. The highest BCUT2D eigenvalue weighted by molar-refractivity contribution is 6.30. The number of halogens is 1. The summed E-state index contributed by atoms with van der Waals surface area (Å²) in [5, 5.41) is 3.48. The van der Waals surface area contributed by atoms with Gasteiger partial charge in [-0.2, -0.15) is 0 Å². The average molecular weight is 250 g/mol. The fourth-order valence-corrected chi connectivity index (χ4v) is 1.55. The third-order valence-corrected chi connectivity index (χ3v) is 2.56. The Morgan fingerprint density at radius 3 is 2.76 bits per heavy atom. The first-order valence-corrected chi connectivity index (χ1v) is 5.60. The number of imidazole rings is 1. The molecule has 1 aromatic heterocycles. The minimum absolute atomic E-state index is 0.0260. The van der Waals surface area contributed by atoms with Gasteiger partial charge in [-0.25, -0.2) is 4.98 Å². The van der Waals surface area contributed by atoms with E-state index < -0.39 is 0 Å². The van der Waals surface area contributed by atoms with Crippen LogP contribution in [0, 0.1) is 0 Å². The highest BCUT2D eigenvalue weighted by atomic mass is 35.5. The van der Waals surface area contributed by atoms with Crippen LogP contribution < -0.4 is 5.32 Å². The molecule has 0 radical (unpaired) electrons. The maximum atomic E-state index is 11.6. The van der Waals surface area contributed by atoms with Gasteiger partial charge in [0.25, 0.3) is 0 Å². The monoisotopic (exact) mass is 249 g/mol. The number of benzene rings is 1. The Kier molecular flexibility index (Phi) is 3.77. The van der Waals surface area contributed by atoms with Crippen molar-refractivity contribution in [2.24, 2.45) is 0 Å². The first-order chi connectivity index (χ1) is 8.24. The summed E-state index contributed by atoms with van der Waals surface area (Å²) in [6.45, 7) is 0.465. The summed E-state index contributed by atoms with van der Waals surface area (Å²) in [7, 11) is 0. The Morgan fingerprint density at radius 2 is 2.12 bits per heavy atom. The molecule has 88 valence electrons. The van der Waals surface area contributed by atoms with E-state index in [0.717, 1.165) is 11.3 Å². The number of rotatable bonds is 4. The number of nitrogens with one attached hydrogen (secondary N) is 2. The van der Waals surface area contributed by atoms with Gasteiger partial charge in [-0.15, -0.1) is 0 Å². The molecule has 2 rings (SSSR count). The predicted octanol–water partition coefficient (Wildman–Crippen LogP) is 1.92. The van der Waals surface area contributed by atoms with Crippen molar-refractivity contribution in [2.75, 3.05) is 0 Å². The van der Waals surface area contributed by atoms with E-state index in [-0.39, 0.29) is 5.91 Å². The molecule has 2 aromatic rings. The number of H-pyrrole nitrogens is 1. The van der Waals surface area contributed by atoms with E-state index in [1.54, 1.807) is 24.7 Å². The van der Waals surface area contributed by atoms with E-state index in [1.165, 1.54) is 0 Å². The number of nitrogens with zero attached hydrogens (tertiary/aromatic N) is 1. The van der Waals surface area contributed by atoms with E-state index in [4.69, 9.17) is 11.6 Å². The summed E-state index contributed by atoms with van der Waals surface area (Å²) in [5.41, 5.74) is 1.82. The molecule has 1 heterocycles. The van der Waals surface area contributed by atoms with Crippen LogP contribution in [0.1, 0.15) is 11.3 Å². The molecule has 4 nitrogen and oxygen atoms in total. The van der Waals surface area contributed by atoms with E-state index in [1.807, 2.05) is 12.1 Å². The number of carbonyl (C=O) groups excluding carboxylic acids is 1. The van der Waals surface area contributed by atoms with Crippen LogP contribution in [-0.2, 0) is 17.8 Å². The molecule has 0 unspecified atom stereocenters. The molecule has 0 atom stereocenters. The normalized spacial score (nSPS) is 10.2. The maximum Gasteiger partial charge on any atom is 0.224 e. The molecule has 0 aliphatic rings. The number of amides is 1. The third-order valence-electron chi connectivity index (χ3n) is 2.31. The molecule has 0 saturated carbocycles. The highest BCUT2D eigenvalue weighted by Gasteiger charge is 2.03. The van der Waals surface area contributed by atoms with Crippen molar-refractivity contribution in [1.29, 1.82) is 0 Å². The minimum atomic E-state index is -0.0260. The molecule has 0 spiro atoms. The SMILES string of the molecule is O=C(Cc1ccc(Cl)cc1)NCc1cnc[nH]1. The molecule has 0 fully saturated rings. The van der Waals surface area contributed by atoms with Crippen LogP contribution in [0.2, 0.25) is 5.02 Å². The zero-order valence-corrected chi connectivity index (χ0v) is 9.87. The number of carbonyl (C=O) groups is 1. The number of aromatic nitrogens is 2. The summed E-state index contributed by atoms with van der Waals surface area (Å²) < 4.78 is 0. The summed E-state index contributed by atoms with van der Waals surface area (Å²) >= 11 is 5.77. The second kappa shape index (κ2) is 5.50. The zero-order chi connectivity index (χ0) is 12.1. The smallest absolute Gasteiger partial charge is 0.224 e. The van der Waals surface area contributed by atoms with Crippen molar-refractivity contribution in [3.8, 4) is 0 Å². The van der Waals surface area contributed by atoms with Crippen molar-refractivity contribution >= 4 is 17.5 Å². The van der Waals surface area contributed by atoms with Gasteiger partial charge in [0.2, 0.25) is 5.91 Å². The van der Waals surface area contributed by atoms with E-state index in [2.05, 4.69) is 15.3 Å². The summed E-state index contributed by atoms with van der Waals surface area (Å²) in [6.07, 6.45) is 3.62. The van der Waals surface area contributed by atoms with Crippen molar-refractivity contribution in [3.63, 3.8) is 0 Å². The van der Waals surface area contributed by atoms with Gasteiger partial charge in [-0.05, 0) is 17.7 Å². The van der Waals surface area contributed by atoms with Crippen molar-refractivity contribution in [2.45, 2.75) is 13.0 Å². The average Bonchev–Trinajstić information content (AvgIpc) is 2.83. The lowest BCUT2D eigenvalue weighted by Gasteiger charge is -2.03. The molecule has 17 heavy (non-hydrogen) atoms. The largest absolute Gasteiger partial charge is 0.350 e. The second-order valence-corrected chi connectivity index (χ2v) is 4.09. The van der Waals surface area contributed by atoms with Gasteiger partial charge in [-0.3, -0.25) is 4.79 Å². The Balaban J connectivity index is 1.83. The van der Waals surface area contributed by atoms with Gasteiger partial charge in [0.15, 0.2) is 0 Å². The third kappa shape index (κ3) is 3.60. The fraction of sp³-hybridized carbons (Fsp3) is 0.167. The first kappa shape index (κ1) is 11.7. The first-order valence-electron chi connectivity index (χ1n) is 5.22. The van der Waals surface area contributed by atoms with Gasteiger partial charge >= 0.3 is 0 Å². The molecule has 2 N–H and O–H groups in total. The van der Waals surface area contributed by atoms with Crippen LogP contribution in [0.25, 0.3) is 0 Å². The quantitative estimate of drug-likeness (QED) is 0.870. The van der Waals surface area contributed by atoms with Crippen LogP contribution in [0.5, 0.6) is 0 Å². The number of hydrogen-bond acceptors (Lipinski definition) is 2. The predicted molar refractivity (Wildman–Crippen MR) is 65.6 cm³/mol. The molecule has 0 bridgehead atoms. The Hall–Kier alpha value is -1.81. The topological polar surface area (TPSA) is 57.8 Å².